The van der Waals surface area contributed by atoms with Crippen LogP contribution in [0.15, 0.2) is 4.99 Å². The highest BCUT2D eigenvalue weighted by atomic mass is 127. The highest BCUT2D eigenvalue weighted by molar-refractivity contribution is 14.0. The minimum absolute atomic E-state index is 0. The van der Waals surface area contributed by atoms with Crippen LogP contribution in [0.5, 0.6) is 0 Å². The predicted octanol–water partition coefficient (Wildman–Crippen LogP) is 2.45. The van der Waals surface area contributed by atoms with E-state index >= 15 is 0 Å². The number of ether oxygens (including phenoxy) is 1. The van der Waals surface area contributed by atoms with Crippen LogP contribution in [0.25, 0.3) is 0 Å². The molecule has 2 bridgehead atoms. The summed E-state index contributed by atoms with van der Waals surface area (Å²) in [6, 6.07) is 0.445. The zero-order chi connectivity index (χ0) is 16.4. The first-order chi connectivity index (χ1) is 11.8. The SMILES string of the molecule is CN=C(NCC1(N2CCSCC2)CCCC1)NC1CC2CCC1O2.I. The van der Waals surface area contributed by atoms with Crippen LogP contribution in [0.3, 0.4) is 0 Å². The van der Waals surface area contributed by atoms with Gasteiger partial charge >= 0.3 is 0 Å². The third-order valence-electron chi connectivity index (χ3n) is 6.45. The van der Waals surface area contributed by atoms with Gasteiger partial charge in [-0.25, -0.2) is 0 Å². The highest BCUT2D eigenvalue weighted by Crippen LogP contribution is 2.36. The molecule has 0 amide bonds. The van der Waals surface area contributed by atoms with E-state index in [1.165, 1.54) is 63.1 Å². The van der Waals surface area contributed by atoms with Gasteiger partial charge in [-0.3, -0.25) is 9.89 Å². The van der Waals surface area contributed by atoms with Crippen LogP contribution in [-0.4, -0.2) is 72.8 Å². The molecule has 3 unspecified atom stereocenters. The number of rotatable bonds is 4. The Bertz CT molecular complexity index is 466. The fraction of sp³-hybridized carbons (Fsp3) is 0.944. The quantitative estimate of drug-likeness (QED) is 0.368. The first-order valence-corrected chi connectivity index (χ1v) is 10.9. The number of fused-ring (bicyclic) bond motifs is 2. The van der Waals surface area contributed by atoms with Crippen molar-refractivity contribution in [3.8, 4) is 0 Å². The summed E-state index contributed by atoms with van der Waals surface area (Å²) in [4.78, 5) is 7.25. The maximum atomic E-state index is 5.97. The van der Waals surface area contributed by atoms with Crippen LogP contribution in [0, 0.1) is 0 Å². The average molecular weight is 480 g/mol. The zero-order valence-electron chi connectivity index (χ0n) is 15.3. The molecule has 3 atom stereocenters. The fourth-order valence-electron chi connectivity index (χ4n) is 5.08. The van der Waals surface area contributed by atoms with E-state index in [9.17, 15) is 0 Å². The van der Waals surface area contributed by atoms with Gasteiger partial charge in [-0.2, -0.15) is 11.8 Å². The summed E-state index contributed by atoms with van der Waals surface area (Å²) in [5.41, 5.74) is 0.351. The van der Waals surface area contributed by atoms with E-state index < -0.39 is 0 Å². The Hall–Kier alpha value is 0.270. The highest BCUT2D eigenvalue weighted by Gasteiger charge is 2.42. The molecule has 1 aliphatic carbocycles. The minimum atomic E-state index is 0. The van der Waals surface area contributed by atoms with Gasteiger partial charge < -0.3 is 15.4 Å². The molecule has 25 heavy (non-hydrogen) atoms. The van der Waals surface area contributed by atoms with E-state index in [4.69, 9.17) is 4.74 Å². The molecule has 0 aromatic carbocycles. The van der Waals surface area contributed by atoms with Gasteiger partial charge in [0.2, 0.25) is 0 Å². The summed E-state index contributed by atoms with van der Waals surface area (Å²) in [6.07, 6.45) is 9.87. The number of nitrogens with zero attached hydrogens (tertiary/aromatic N) is 2. The van der Waals surface area contributed by atoms with Gasteiger partial charge in [0.25, 0.3) is 0 Å². The molecule has 4 fully saturated rings. The largest absolute Gasteiger partial charge is 0.373 e. The van der Waals surface area contributed by atoms with Crippen molar-refractivity contribution in [3.63, 3.8) is 0 Å². The molecular weight excluding hydrogens is 447 g/mol. The summed E-state index contributed by atoms with van der Waals surface area (Å²) in [5.74, 6) is 3.54. The number of hydrogen-bond donors (Lipinski definition) is 2. The topological polar surface area (TPSA) is 48.9 Å². The van der Waals surface area contributed by atoms with Gasteiger partial charge in [0, 0.05) is 43.7 Å². The molecule has 3 aliphatic heterocycles. The van der Waals surface area contributed by atoms with Crippen molar-refractivity contribution in [2.45, 2.75) is 68.7 Å². The lowest BCUT2D eigenvalue weighted by Gasteiger charge is -2.44. The van der Waals surface area contributed by atoms with Crippen LogP contribution in [0.1, 0.15) is 44.9 Å². The Balaban J connectivity index is 0.00000182. The molecule has 7 heteroatoms. The molecule has 0 aromatic rings. The Labute approximate surface area is 173 Å². The van der Waals surface area contributed by atoms with Crippen LogP contribution in [-0.2, 0) is 4.74 Å². The van der Waals surface area contributed by atoms with Gasteiger partial charge in [-0.1, -0.05) is 12.8 Å². The van der Waals surface area contributed by atoms with Gasteiger partial charge in [-0.15, -0.1) is 24.0 Å². The summed E-state index contributed by atoms with van der Waals surface area (Å²) < 4.78 is 5.97. The van der Waals surface area contributed by atoms with Gasteiger partial charge in [0.05, 0.1) is 18.2 Å². The van der Waals surface area contributed by atoms with E-state index in [0.29, 0.717) is 23.8 Å². The lowest BCUT2D eigenvalue weighted by atomic mass is 9.94. The Morgan fingerprint density at radius 3 is 2.60 bits per heavy atom. The second kappa shape index (κ2) is 8.97. The fourth-order valence-corrected chi connectivity index (χ4v) is 5.99. The monoisotopic (exact) mass is 480 g/mol. The lowest BCUT2D eigenvalue weighted by molar-refractivity contribution is 0.0987. The Kier molecular flexibility index (Phi) is 7.18. The van der Waals surface area contributed by atoms with E-state index in [1.807, 2.05) is 7.05 Å². The van der Waals surface area contributed by atoms with Crippen molar-refractivity contribution in [2.24, 2.45) is 4.99 Å². The van der Waals surface area contributed by atoms with Crippen LogP contribution < -0.4 is 10.6 Å². The predicted molar refractivity (Wildman–Crippen MR) is 116 cm³/mol. The molecule has 4 aliphatic rings. The maximum Gasteiger partial charge on any atom is 0.191 e. The molecular formula is C18H33IN4OS. The minimum Gasteiger partial charge on any atom is -0.373 e. The Morgan fingerprint density at radius 2 is 2.00 bits per heavy atom. The normalized spacial score (nSPS) is 34.8. The zero-order valence-corrected chi connectivity index (χ0v) is 18.5. The van der Waals surface area contributed by atoms with Gasteiger partial charge in [-0.05, 0) is 32.1 Å². The first-order valence-electron chi connectivity index (χ1n) is 9.74. The molecule has 1 saturated carbocycles. The van der Waals surface area contributed by atoms with Crippen LogP contribution in [0.2, 0.25) is 0 Å². The van der Waals surface area contributed by atoms with Crippen molar-refractivity contribution in [1.29, 1.82) is 0 Å². The van der Waals surface area contributed by atoms with Crippen LogP contribution in [0.4, 0.5) is 0 Å². The number of halogens is 1. The third kappa shape index (κ3) is 4.41. The molecule has 5 nitrogen and oxygen atoms in total. The van der Waals surface area contributed by atoms with E-state index in [2.05, 4.69) is 32.3 Å². The van der Waals surface area contributed by atoms with Crippen molar-refractivity contribution in [2.75, 3.05) is 38.2 Å². The van der Waals surface area contributed by atoms with Gasteiger partial charge in [0.15, 0.2) is 5.96 Å². The average Bonchev–Trinajstić information content (AvgIpc) is 3.36. The molecule has 4 rings (SSSR count). The molecule has 3 heterocycles. The third-order valence-corrected chi connectivity index (χ3v) is 7.40. The summed E-state index contributed by atoms with van der Waals surface area (Å²) in [5, 5.41) is 7.30. The second-order valence-electron chi connectivity index (χ2n) is 7.82. The second-order valence-corrected chi connectivity index (χ2v) is 9.04. The molecule has 3 saturated heterocycles. The number of hydrogen-bond acceptors (Lipinski definition) is 4. The van der Waals surface area contributed by atoms with E-state index in [0.717, 1.165) is 18.9 Å². The van der Waals surface area contributed by atoms with E-state index in [-0.39, 0.29) is 24.0 Å². The summed E-state index contributed by atoms with van der Waals surface area (Å²) in [7, 11) is 1.89. The number of nitrogens with one attached hydrogen (secondary N) is 2. The van der Waals surface area contributed by atoms with Crippen molar-refractivity contribution < 1.29 is 4.74 Å². The van der Waals surface area contributed by atoms with Crippen molar-refractivity contribution in [1.82, 2.24) is 15.5 Å². The maximum absolute atomic E-state index is 5.97. The number of thioether (sulfide) groups is 1. The molecule has 2 N–H and O–H groups in total. The van der Waals surface area contributed by atoms with Gasteiger partial charge in [0.1, 0.15) is 0 Å². The standard InChI is InChI=1S/C18H32N4OS.HI/c1-19-17(21-15-12-14-4-5-16(15)23-14)20-13-18(6-2-3-7-18)22-8-10-24-11-9-22;/h14-16H,2-13H2,1H3,(H2,19,20,21);1H. The smallest absolute Gasteiger partial charge is 0.191 e. The Morgan fingerprint density at radius 1 is 1.24 bits per heavy atom. The molecule has 0 aromatic heterocycles. The summed E-state index contributed by atoms with van der Waals surface area (Å²) >= 11 is 2.10. The number of guanidine groups is 1. The first kappa shape index (κ1) is 20.0. The van der Waals surface area contributed by atoms with E-state index in [1.54, 1.807) is 0 Å². The lowest BCUT2D eigenvalue weighted by Crippen LogP contribution is -2.58. The molecule has 0 radical (unpaired) electrons. The van der Waals surface area contributed by atoms with Crippen LogP contribution >= 0.6 is 35.7 Å². The molecule has 0 spiro atoms. The van der Waals surface area contributed by atoms with Crippen molar-refractivity contribution in [3.05, 3.63) is 0 Å². The molecule has 144 valence electrons. The van der Waals surface area contributed by atoms with Crippen molar-refractivity contribution >= 4 is 41.7 Å². The summed E-state index contributed by atoms with van der Waals surface area (Å²) in [6.45, 7) is 3.52. The number of aliphatic imine (C=N–C) groups is 1.